The van der Waals surface area contributed by atoms with E-state index >= 15 is 0 Å². The lowest BCUT2D eigenvalue weighted by molar-refractivity contribution is 0.0944. The molecule has 1 aromatic heterocycles. The van der Waals surface area contributed by atoms with Crippen molar-refractivity contribution in [1.82, 2.24) is 15.2 Å². The van der Waals surface area contributed by atoms with E-state index in [4.69, 9.17) is 16.3 Å². The van der Waals surface area contributed by atoms with E-state index in [1.807, 2.05) is 30.3 Å². The van der Waals surface area contributed by atoms with Crippen LogP contribution in [0.5, 0.6) is 5.75 Å². The maximum Gasteiger partial charge on any atom is 0.269 e. The number of aromatic amines is 1. The normalized spacial score (nSPS) is 14.3. The zero-order valence-electron chi connectivity index (χ0n) is 14.5. The first-order valence-corrected chi connectivity index (χ1v) is 9.11. The number of rotatable bonds is 7. The molecule has 2 aromatic rings. The molecule has 1 fully saturated rings. The molecule has 1 saturated heterocycles. The molecule has 0 aliphatic carbocycles. The molecule has 138 valence electrons. The highest BCUT2D eigenvalue weighted by atomic mass is 35.5. The number of halogens is 1. The van der Waals surface area contributed by atoms with Crippen LogP contribution in [0, 0.1) is 0 Å². The summed E-state index contributed by atoms with van der Waals surface area (Å²) in [6, 6.07) is 9.50. The number of likely N-dealkylation sites (tertiary alicyclic amines) is 1. The average molecular weight is 376 g/mol. The van der Waals surface area contributed by atoms with Crippen molar-refractivity contribution in [3.8, 4) is 5.75 Å². The Kier molecular flexibility index (Phi) is 6.30. The summed E-state index contributed by atoms with van der Waals surface area (Å²) in [6.07, 6.45) is 3.79. The molecule has 0 bridgehead atoms. The summed E-state index contributed by atoms with van der Waals surface area (Å²) in [5, 5.41) is 2.64. The summed E-state index contributed by atoms with van der Waals surface area (Å²) >= 11 is 6.09. The van der Waals surface area contributed by atoms with Crippen molar-refractivity contribution >= 4 is 17.5 Å². The number of hydrogen-bond acceptors (Lipinski definition) is 4. The molecule has 7 heteroatoms. The molecule has 2 heterocycles. The number of aromatic nitrogens is 1. The number of pyridine rings is 1. The van der Waals surface area contributed by atoms with E-state index in [0.717, 1.165) is 25.2 Å². The number of hydrogen-bond donors (Lipinski definition) is 2. The van der Waals surface area contributed by atoms with Crippen LogP contribution in [-0.2, 0) is 6.61 Å². The molecule has 1 amide bonds. The fraction of sp³-hybridized carbons (Fsp3) is 0.368. The molecule has 0 unspecified atom stereocenters. The minimum Gasteiger partial charge on any atom is -0.483 e. The van der Waals surface area contributed by atoms with Gasteiger partial charge in [-0.2, -0.15) is 0 Å². The maximum atomic E-state index is 12.3. The molecule has 6 nitrogen and oxygen atoms in total. The fourth-order valence-electron chi connectivity index (χ4n) is 2.92. The number of amides is 1. The molecular weight excluding hydrogens is 354 g/mol. The Hall–Kier alpha value is -2.31. The van der Waals surface area contributed by atoms with E-state index in [1.165, 1.54) is 19.0 Å². The Balaban J connectivity index is 1.59. The molecule has 1 aliphatic heterocycles. The van der Waals surface area contributed by atoms with Gasteiger partial charge in [0.2, 0.25) is 5.43 Å². The predicted molar refractivity (Wildman–Crippen MR) is 101 cm³/mol. The highest BCUT2D eigenvalue weighted by Gasteiger charge is 2.17. The van der Waals surface area contributed by atoms with Crippen molar-refractivity contribution in [3.05, 3.63) is 63.0 Å². The molecule has 0 atom stereocenters. The van der Waals surface area contributed by atoms with Gasteiger partial charge in [-0.1, -0.05) is 41.9 Å². The summed E-state index contributed by atoms with van der Waals surface area (Å²) in [4.78, 5) is 29.7. The van der Waals surface area contributed by atoms with Gasteiger partial charge in [0.05, 0.1) is 0 Å². The number of H-pyrrole nitrogens is 1. The predicted octanol–water partition coefficient (Wildman–Crippen LogP) is 2.43. The monoisotopic (exact) mass is 375 g/mol. The SMILES string of the molecule is O=C(NCCN1CCCC1)c1[nH]cc(OCc2ccccc2)c(=O)c1Cl. The van der Waals surface area contributed by atoms with Crippen LogP contribution >= 0.6 is 11.6 Å². The molecule has 1 aliphatic rings. The van der Waals surface area contributed by atoms with Gasteiger partial charge in [-0.15, -0.1) is 0 Å². The van der Waals surface area contributed by atoms with Gasteiger partial charge in [0.1, 0.15) is 17.3 Å². The van der Waals surface area contributed by atoms with Crippen molar-refractivity contribution < 1.29 is 9.53 Å². The van der Waals surface area contributed by atoms with E-state index in [9.17, 15) is 9.59 Å². The van der Waals surface area contributed by atoms with E-state index in [0.29, 0.717) is 6.54 Å². The molecule has 0 radical (unpaired) electrons. The molecule has 0 spiro atoms. The summed E-state index contributed by atoms with van der Waals surface area (Å²) < 4.78 is 5.52. The van der Waals surface area contributed by atoms with Crippen LogP contribution in [0.2, 0.25) is 5.02 Å². The lowest BCUT2D eigenvalue weighted by atomic mass is 10.2. The zero-order chi connectivity index (χ0) is 18.4. The third-order valence-corrected chi connectivity index (χ3v) is 4.73. The second kappa shape index (κ2) is 8.87. The Morgan fingerprint density at radius 2 is 1.96 bits per heavy atom. The molecule has 26 heavy (non-hydrogen) atoms. The van der Waals surface area contributed by atoms with E-state index in [1.54, 1.807) is 0 Å². The summed E-state index contributed by atoms with van der Waals surface area (Å²) in [5.74, 6) is -0.298. The van der Waals surface area contributed by atoms with Crippen LogP contribution in [0.4, 0.5) is 0 Å². The Bertz CT molecular complexity index is 801. The van der Waals surface area contributed by atoms with Gasteiger partial charge in [0.15, 0.2) is 5.75 Å². The van der Waals surface area contributed by atoms with Gasteiger partial charge in [-0.05, 0) is 31.5 Å². The van der Waals surface area contributed by atoms with Crippen LogP contribution in [0.15, 0.2) is 41.3 Å². The van der Waals surface area contributed by atoms with Crippen molar-refractivity contribution in [3.63, 3.8) is 0 Å². The third-order valence-electron chi connectivity index (χ3n) is 4.37. The zero-order valence-corrected chi connectivity index (χ0v) is 15.2. The maximum absolute atomic E-state index is 12.3. The smallest absolute Gasteiger partial charge is 0.269 e. The number of nitrogens with zero attached hydrogens (tertiary/aromatic N) is 1. The third kappa shape index (κ3) is 4.65. The Morgan fingerprint density at radius 1 is 1.23 bits per heavy atom. The summed E-state index contributed by atoms with van der Waals surface area (Å²) in [5.41, 5.74) is 0.503. The van der Waals surface area contributed by atoms with Gasteiger partial charge >= 0.3 is 0 Å². The molecule has 2 N–H and O–H groups in total. The van der Waals surface area contributed by atoms with Gasteiger partial charge in [0.25, 0.3) is 5.91 Å². The van der Waals surface area contributed by atoms with Gasteiger partial charge in [-0.3, -0.25) is 9.59 Å². The number of benzene rings is 1. The highest BCUT2D eigenvalue weighted by molar-refractivity contribution is 6.33. The van der Waals surface area contributed by atoms with Crippen LogP contribution in [0.25, 0.3) is 0 Å². The van der Waals surface area contributed by atoms with E-state index in [2.05, 4.69) is 15.2 Å². The standard InChI is InChI=1S/C19H22ClN3O3/c20-16-17(19(25)21-8-11-23-9-4-5-10-23)22-12-15(18(16)24)26-13-14-6-2-1-3-7-14/h1-3,6-7,12H,4-5,8-11,13H2,(H,21,25)(H,22,24). The number of ether oxygens (including phenoxy) is 1. The second-order valence-electron chi connectivity index (χ2n) is 6.25. The minimum atomic E-state index is -0.494. The fourth-order valence-corrected chi connectivity index (χ4v) is 3.15. The lowest BCUT2D eigenvalue weighted by Crippen LogP contribution is -2.34. The first-order valence-electron chi connectivity index (χ1n) is 8.73. The molecule has 0 saturated carbocycles. The lowest BCUT2D eigenvalue weighted by Gasteiger charge is -2.15. The van der Waals surface area contributed by atoms with Crippen molar-refractivity contribution in [2.45, 2.75) is 19.4 Å². The summed E-state index contributed by atoms with van der Waals surface area (Å²) in [7, 11) is 0. The molecule has 3 rings (SSSR count). The Morgan fingerprint density at radius 3 is 2.69 bits per heavy atom. The first kappa shape index (κ1) is 18.5. The van der Waals surface area contributed by atoms with Crippen molar-refractivity contribution in [1.29, 1.82) is 0 Å². The van der Waals surface area contributed by atoms with Gasteiger partial charge < -0.3 is 19.9 Å². The van der Waals surface area contributed by atoms with Crippen molar-refractivity contribution in [2.75, 3.05) is 26.2 Å². The number of nitrogens with one attached hydrogen (secondary N) is 2. The first-order chi connectivity index (χ1) is 12.6. The topological polar surface area (TPSA) is 74.4 Å². The van der Waals surface area contributed by atoms with Crippen molar-refractivity contribution in [2.24, 2.45) is 0 Å². The van der Waals surface area contributed by atoms with Crippen LogP contribution in [-0.4, -0.2) is 42.0 Å². The van der Waals surface area contributed by atoms with E-state index < -0.39 is 5.43 Å². The van der Waals surface area contributed by atoms with Crippen LogP contribution in [0.3, 0.4) is 0 Å². The summed E-state index contributed by atoms with van der Waals surface area (Å²) in [6.45, 7) is 3.71. The van der Waals surface area contributed by atoms with Crippen LogP contribution < -0.4 is 15.5 Å². The van der Waals surface area contributed by atoms with Gasteiger partial charge in [0, 0.05) is 19.3 Å². The van der Waals surface area contributed by atoms with E-state index in [-0.39, 0.29) is 29.0 Å². The van der Waals surface area contributed by atoms with Crippen LogP contribution in [0.1, 0.15) is 28.9 Å². The largest absolute Gasteiger partial charge is 0.483 e. The molecule has 1 aromatic carbocycles. The second-order valence-corrected chi connectivity index (χ2v) is 6.63. The minimum absolute atomic E-state index is 0.0603. The highest BCUT2D eigenvalue weighted by Crippen LogP contribution is 2.14. The quantitative estimate of drug-likeness (QED) is 0.779. The Labute approximate surface area is 157 Å². The average Bonchev–Trinajstić information content (AvgIpc) is 3.17. The molecular formula is C19H22ClN3O3. The van der Waals surface area contributed by atoms with Gasteiger partial charge in [-0.25, -0.2) is 0 Å². The number of carbonyl (C=O) groups excluding carboxylic acids is 1. The number of carbonyl (C=O) groups is 1.